The second-order valence-electron chi connectivity index (χ2n) is 5.68. The topological polar surface area (TPSA) is 26.3 Å². The molecule has 20 heavy (non-hydrogen) atoms. The van der Waals surface area contributed by atoms with Crippen LogP contribution < -0.4 is 0 Å². The summed E-state index contributed by atoms with van der Waals surface area (Å²) < 4.78 is 32.7. The number of ketones is 1. The van der Waals surface area contributed by atoms with Gasteiger partial charge in [0, 0.05) is 19.1 Å². The number of ether oxygens (including phenoxy) is 1. The molecule has 4 heteroatoms. The first-order valence-electron chi connectivity index (χ1n) is 7.00. The fourth-order valence-corrected chi connectivity index (χ4v) is 2.85. The third kappa shape index (κ3) is 2.90. The van der Waals surface area contributed by atoms with Crippen molar-refractivity contribution in [2.45, 2.75) is 44.6 Å². The van der Waals surface area contributed by atoms with Crippen molar-refractivity contribution in [1.29, 1.82) is 0 Å². The third-order valence-corrected chi connectivity index (χ3v) is 4.38. The minimum Gasteiger partial charge on any atom is -0.370 e. The quantitative estimate of drug-likeness (QED) is 0.842. The molecule has 0 radical (unpaired) electrons. The Labute approximate surface area is 118 Å². The minimum absolute atomic E-state index is 0.160. The van der Waals surface area contributed by atoms with Gasteiger partial charge in [0.1, 0.15) is 17.2 Å². The van der Waals surface area contributed by atoms with Gasteiger partial charge in [0.05, 0.1) is 0 Å². The zero-order valence-corrected chi connectivity index (χ0v) is 11.9. The fourth-order valence-electron chi connectivity index (χ4n) is 2.85. The van der Waals surface area contributed by atoms with Gasteiger partial charge in [-0.25, -0.2) is 8.78 Å². The molecule has 1 saturated carbocycles. The lowest BCUT2D eigenvalue weighted by Crippen LogP contribution is -2.44. The monoisotopic (exact) mass is 282 g/mol. The van der Waals surface area contributed by atoms with Crippen LogP contribution in [0.4, 0.5) is 8.78 Å². The molecular weight excluding hydrogens is 262 g/mol. The molecule has 2 rings (SSSR count). The number of methoxy groups -OCH3 is 1. The first-order chi connectivity index (χ1) is 9.48. The van der Waals surface area contributed by atoms with E-state index in [4.69, 9.17) is 4.74 Å². The Morgan fingerprint density at radius 2 is 1.85 bits per heavy atom. The van der Waals surface area contributed by atoms with Crippen molar-refractivity contribution in [3.63, 3.8) is 0 Å². The molecule has 0 bridgehead atoms. The summed E-state index contributed by atoms with van der Waals surface area (Å²) in [6.45, 7) is 2.14. The van der Waals surface area contributed by atoms with E-state index < -0.39 is 17.2 Å². The largest absolute Gasteiger partial charge is 0.370 e. The molecule has 0 saturated heterocycles. The molecule has 0 N–H and O–H groups in total. The molecule has 1 aromatic rings. The van der Waals surface area contributed by atoms with Crippen LogP contribution in [-0.4, -0.2) is 18.5 Å². The maximum absolute atomic E-state index is 13.6. The first-order valence-corrected chi connectivity index (χ1v) is 7.00. The number of rotatable bonds is 4. The van der Waals surface area contributed by atoms with Crippen LogP contribution in [0.15, 0.2) is 18.2 Å². The first kappa shape index (κ1) is 15.1. The van der Waals surface area contributed by atoms with Crippen molar-refractivity contribution in [3.05, 3.63) is 35.4 Å². The highest BCUT2D eigenvalue weighted by atomic mass is 19.1. The Kier molecular flexibility index (Phi) is 4.53. The molecule has 0 spiro atoms. The maximum atomic E-state index is 13.6. The highest BCUT2D eigenvalue weighted by molar-refractivity contribution is 5.89. The zero-order valence-electron chi connectivity index (χ0n) is 11.9. The summed E-state index contributed by atoms with van der Waals surface area (Å²) >= 11 is 0. The lowest BCUT2D eigenvalue weighted by molar-refractivity contribution is -0.145. The van der Waals surface area contributed by atoms with Crippen LogP contribution in [-0.2, 0) is 16.0 Å². The lowest BCUT2D eigenvalue weighted by Gasteiger charge is -2.37. The molecule has 2 nitrogen and oxygen atoms in total. The molecule has 0 unspecified atom stereocenters. The van der Waals surface area contributed by atoms with Crippen LogP contribution in [0.1, 0.15) is 38.2 Å². The van der Waals surface area contributed by atoms with Gasteiger partial charge < -0.3 is 4.74 Å². The minimum atomic E-state index is -0.874. The van der Waals surface area contributed by atoms with Crippen molar-refractivity contribution in [3.8, 4) is 0 Å². The van der Waals surface area contributed by atoms with Crippen LogP contribution in [0.2, 0.25) is 0 Å². The van der Waals surface area contributed by atoms with Gasteiger partial charge in [0.2, 0.25) is 0 Å². The predicted molar refractivity (Wildman–Crippen MR) is 72.4 cm³/mol. The van der Waals surface area contributed by atoms with Crippen LogP contribution in [0, 0.1) is 17.6 Å². The third-order valence-electron chi connectivity index (χ3n) is 4.38. The number of carbonyl (C=O) groups is 1. The van der Waals surface area contributed by atoms with E-state index in [1.165, 1.54) is 25.3 Å². The SMILES string of the molecule is COC1(C(=O)Cc2c(F)cccc2F)CCC(C)CC1. The Morgan fingerprint density at radius 3 is 2.35 bits per heavy atom. The highest BCUT2D eigenvalue weighted by Crippen LogP contribution is 2.36. The number of Topliss-reactive ketones (excluding diaryl/α,β-unsaturated/α-hetero) is 1. The van der Waals surface area contributed by atoms with Gasteiger partial charge in [-0.15, -0.1) is 0 Å². The van der Waals surface area contributed by atoms with Crippen LogP contribution in [0.5, 0.6) is 0 Å². The van der Waals surface area contributed by atoms with E-state index in [1.807, 2.05) is 0 Å². The van der Waals surface area contributed by atoms with Crippen LogP contribution >= 0.6 is 0 Å². The van der Waals surface area contributed by atoms with E-state index in [0.717, 1.165) is 12.8 Å². The van der Waals surface area contributed by atoms with Crippen molar-refractivity contribution >= 4 is 5.78 Å². The van der Waals surface area contributed by atoms with E-state index in [0.29, 0.717) is 18.8 Å². The summed E-state index contributed by atoms with van der Waals surface area (Å²) in [5, 5.41) is 0. The van der Waals surface area contributed by atoms with Gasteiger partial charge in [0.25, 0.3) is 0 Å². The van der Waals surface area contributed by atoms with Gasteiger partial charge in [-0.1, -0.05) is 13.0 Å². The summed E-state index contributed by atoms with van der Waals surface area (Å²) in [4.78, 5) is 12.5. The van der Waals surface area contributed by atoms with E-state index >= 15 is 0 Å². The molecule has 0 aliphatic heterocycles. The number of hydrogen-bond acceptors (Lipinski definition) is 2. The number of carbonyl (C=O) groups excluding carboxylic acids is 1. The maximum Gasteiger partial charge on any atom is 0.169 e. The highest BCUT2D eigenvalue weighted by Gasteiger charge is 2.41. The second-order valence-corrected chi connectivity index (χ2v) is 5.68. The van der Waals surface area contributed by atoms with Gasteiger partial charge >= 0.3 is 0 Å². The Bertz CT molecular complexity index is 471. The van der Waals surface area contributed by atoms with E-state index in [-0.39, 0.29) is 17.8 Å². The molecule has 0 amide bonds. The molecule has 1 aliphatic rings. The van der Waals surface area contributed by atoms with Crippen LogP contribution in [0.25, 0.3) is 0 Å². The van der Waals surface area contributed by atoms with E-state index in [2.05, 4.69) is 6.92 Å². The van der Waals surface area contributed by atoms with E-state index in [9.17, 15) is 13.6 Å². The summed E-state index contributed by atoms with van der Waals surface area (Å²) in [5.74, 6) is -1.00. The Hall–Kier alpha value is -1.29. The van der Waals surface area contributed by atoms with Crippen molar-refractivity contribution in [1.82, 2.24) is 0 Å². The molecule has 1 aliphatic carbocycles. The number of halogens is 2. The molecule has 0 heterocycles. The lowest BCUT2D eigenvalue weighted by atomic mass is 9.76. The summed E-state index contributed by atoms with van der Waals surface area (Å²) in [6, 6.07) is 3.65. The molecule has 1 aromatic carbocycles. The van der Waals surface area contributed by atoms with Crippen molar-refractivity contribution < 1.29 is 18.3 Å². The molecule has 0 atom stereocenters. The van der Waals surface area contributed by atoms with Gasteiger partial charge in [-0.05, 0) is 43.7 Å². The fraction of sp³-hybridized carbons (Fsp3) is 0.562. The van der Waals surface area contributed by atoms with Gasteiger partial charge in [0.15, 0.2) is 5.78 Å². The molecule has 1 fully saturated rings. The van der Waals surface area contributed by atoms with Crippen molar-refractivity contribution in [2.75, 3.05) is 7.11 Å². The van der Waals surface area contributed by atoms with Gasteiger partial charge in [-0.3, -0.25) is 4.79 Å². The molecular formula is C16H20F2O2. The van der Waals surface area contributed by atoms with Gasteiger partial charge in [-0.2, -0.15) is 0 Å². The average Bonchev–Trinajstić information content (AvgIpc) is 2.44. The van der Waals surface area contributed by atoms with Crippen molar-refractivity contribution in [2.24, 2.45) is 5.92 Å². The number of benzene rings is 1. The predicted octanol–water partition coefficient (Wildman–Crippen LogP) is 3.67. The molecule has 0 aromatic heterocycles. The van der Waals surface area contributed by atoms with Crippen LogP contribution in [0.3, 0.4) is 0 Å². The standard InChI is InChI=1S/C16H20F2O2/c1-11-6-8-16(20-2,9-7-11)15(19)10-12-13(17)4-3-5-14(12)18/h3-5,11H,6-10H2,1-2H3. The number of hydrogen-bond donors (Lipinski definition) is 0. The van der Waals surface area contributed by atoms with E-state index in [1.54, 1.807) is 0 Å². The average molecular weight is 282 g/mol. The Morgan fingerprint density at radius 1 is 1.30 bits per heavy atom. The second kappa shape index (κ2) is 6.00. The Balaban J connectivity index is 2.18. The summed E-state index contributed by atoms with van der Waals surface area (Å²) in [5.41, 5.74) is -1.03. The normalized spacial score (nSPS) is 26.5. The smallest absolute Gasteiger partial charge is 0.169 e. The zero-order chi connectivity index (χ0) is 14.8. The molecule has 110 valence electrons. The summed E-state index contributed by atoms with van der Waals surface area (Å²) in [7, 11) is 1.51. The summed E-state index contributed by atoms with van der Waals surface area (Å²) in [6.07, 6.45) is 2.80.